The fourth-order valence-corrected chi connectivity index (χ4v) is 1.97. The van der Waals surface area contributed by atoms with E-state index in [0.29, 0.717) is 0 Å². The smallest absolute Gasteiger partial charge is 0.236 e. The summed E-state index contributed by atoms with van der Waals surface area (Å²) in [7, 11) is 1.63. The second-order valence-corrected chi connectivity index (χ2v) is 4.41. The Morgan fingerprint density at radius 3 is 2.67 bits per heavy atom. The molecule has 2 unspecified atom stereocenters. The van der Waals surface area contributed by atoms with Crippen LogP contribution in [-0.2, 0) is 4.79 Å². The number of amides is 1. The van der Waals surface area contributed by atoms with E-state index in [9.17, 15) is 4.79 Å². The monoisotopic (exact) mass is 246 g/mol. The molecule has 0 radical (unpaired) electrons. The third-order valence-corrected chi connectivity index (χ3v) is 3.01. The molecule has 18 heavy (non-hydrogen) atoms. The molecule has 4 heteroatoms. The first-order valence-electron chi connectivity index (χ1n) is 6.08. The number of rotatable bonds is 4. The first-order chi connectivity index (χ1) is 8.61. The van der Waals surface area contributed by atoms with Gasteiger partial charge in [-0.05, 0) is 26.0 Å². The normalized spacial score (nSPS) is 14.4. The number of furan rings is 1. The van der Waals surface area contributed by atoms with Crippen LogP contribution in [0.4, 0.5) is 0 Å². The number of likely N-dealkylation sites (N-methyl/N-ethyl adjacent to an activating group) is 1. The van der Waals surface area contributed by atoms with E-state index < -0.39 is 0 Å². The highest BCUT2D eigenvalue weighted by atomic mass is 16.3. The summed E-state index contributed by atoms with van der Waals surface area (Å²) >= 11 is 0. The predicted octanol–water partition coefficient (Wildman–Crippen LogP) is 2.22. The third kappa shape index (κ3) is 2.54. The van der Waals surface area contributed by atoms with Crippen molar-refractivity contribution < 1.29 is 9.21 Å². The maximum Gasteiger partial charge on any atom is 0.236 e. The van der Waals surface area contributed by atoms with E-state index in [-0.39, 0.29) is 18.0 Å². The van der Waals surface area contributed by atoms with Crippen molar-refractivity contribution >= 4 is 16.9 Å². The second-order valence-electron chi connectivity index (χ2n) is 4.41. The van der Waals surface area contributed by atoms with Crippen molar-refractivity contribution in [2.24, 2.45) is 0 Å². The van der Waals surface area contributed by atoms with Gasteiger partial charge in [0.2, 0.25) is 5.91 Å². The van der Waals surface area contributed by atoms with Gasteiger partial charge in [0.1, 0.15) is 11.3 Å². The standard InChI is InChI=1S/C14H18N2O2/c1-9(16-10(2)14(17)15-3)13-8-11-6-4-5-7-12(11)18-13/h4-10,16H,1-3H3,(H,15,17). The Morgan fingerprint density at radius 2 is 2.00 bits per heavy atom. The molecular weight excluding hydrogens is 228 g/mol. The molecule has 1 aromatic carbocycles. The molecule has 0 bridgehead atoms. The molecular formula is C14H18N2O2. The highest BCUT2D eigenvalue weighted by Gasteiger charge is 2.17. The molecule has 2 rings (SSSR count). The lowest BCUT2D eigenvalue weighted by atomic mass is 10.2. The second kappa shape index (κ2) is 5.23. The minimum atomic E-state index is -0.252. The lowest BCUT2D eigenvalue weighted by Crippen LogP contribution is -2.41. The van der Waals surface area contributed by atoms with Gasteiger partial charge in [-0.25, -0.2) is 0 Å². The van der Waals surface area contributed by atoms with Crippen molar-refractivity contribution in [1.29, 1.82) is 0 Å². The molecule has 0 saturated carbocycles. The average Bonchev–Trinajstić information content (AvgIpc) is 2.81. The summed E-state index contributed by atoms with van der Waals surface area (Å²) in [5.41, 5.74) is 0.869. The van der Waals surface area contributed by atoms with E-state index >= 15 is 0 Å². The molecule has 0 aliphatic heterocycles. The Labute approximate surface area is 106 Å². The van der Waals surface area contributed by atoms with Crippen molar-refractivity contribution in [2.45, 2.75) is 25.9 Å². The number of fused-ring (bicyclic) bond motifs is 1. The zero-order chi connectivity index (χ0) is 13.1. The highest BCUT2D eigenvalue weighted by Crippen LogP contribution is 2.23. The Kier molecular flexibility index (Phi) is 3.67. The fourth-order valence-electron chi connectivity index (χ4n) is 1.97. The molecule has 1 heterocycles. The largest absolute Gasteiger partial charge is 0.459 e. The number of benzene rings is 1. The topological polar surface area (TPSA) is 54.3 Å². The van der Waals surface area contributed by atoms with Crippen LogP contribution in [0.1, 0.15) is 25.6 Å². The number of nitrogens with one attached hydrogen (secondary N) is 2. The molecule has 0 spiro atoms. The van der Waals surface area contributed by atoms with Crippen LogP contribution in [0.5, 0.6) is 0 Å². The number of para-hydroxylation sites is 1. The van der Waals surface area contributed by atoms with Crippen LogP contribution < -0.4 is 10.6 Å². The van der Waals surface area contributed by atoms with Crippen LogP contribution in [0.3, 0.4) is 0 Å². The number of hydrogen-bond acceptors (Lipinski definition) is 3. The number of hydrogen-bond donors (Lipinski definition) is 2. The van der Waals surface area contributed by atoms with Gasteiger partial charge < -0.3 is 9.73 Å². The molecule has 0 saturated heterocycles. The maximum absolute atomic E-state index is 11.4. The summed E-state index contributed by atoms with van der Waals surface area (Å²) in [5, 5.41) is 6.90. The number of carbonyl (C=O) groups is 1. The van der Waals surface area contributed by atoms with Gasteiger partial charge in [-0.2, -0.15) is 0 Å². The average molecular weight is 246 g/mol. The quantitative estimate of drug-likeness (QED) is 0.869. The van der Waals surface area contributed by atoms with Gasteiger partial charge in [0.15, 0.2) is 0 Å². The molecule has 0 aliphatic carbocycles. The van der Waals surface area contributed by atoms with E-state index in [1.165, 1.54) is 0 Å². The van der Waals surface area contributed by atoms with E-state index in [1.54, 1.807) is 7.05 Å². The molecule has 4 nitrogen and oxygen atoms in total. The molecule has 2 aromatic rings. The Bertz CT molecular complexity index is 514. The zero-order valence-corrected chi connectivity index (χ0v) is 10.9. The summed E-state index contributed by atoms with van der Waals surface area (Å²) < 4.78 is 5.75. The molecule has 1 aromatic heterocycles. The summed E-state index contributed by atoms with van der Waals surface area (Å²) in [6, 6.07) is 9.62. The van der Waals surface area contributed by atoms with Gasteiger partial charge in [0.05, 0.1) is 12.1 Å². The lowest BCUT2D eigenvalue weighted by Gasteiger charge is -2.16. The summed E-state index contributed by atoms with van der Waals surface area (Å²) in [6.45, 7) is 3.81. The molecule has 96 valence electrons. The van der Waals surface area contributed by atoms with E-state index in [1.807, 2.05) is 44.2 Å². The highest BCUT2D eigenvalue weighted by molar-refractivity contribution is 5.81. The lowest BCUT2D eigenvalue weighted by molar-refractivity contribution is -0.122. The Morgan fingerprint density at radius 1 is 1.28 bits per heavy atom. The van der Waals surface area contributed by atoms with Crippen LogP contribution >= 0.6 is 0 Å². The fraction of sp³-hybridized carbons (Fsp3) is 0.357. The van der Waals surface area contributed by atoms with Crippen molar-refractivity contribution in [1.82, 2.24) is 10.6 Å². The predicted molar refractivity (Wildman–Crippen MR) is 71.3 cm³/mol. The van der Waals surface area contributed by atoms with Crippen molar-refractivity contribution in [3.63, 3.8) is 0 Å². The van der Waals surface area contributed by atoms with Crippen LogP contribution in [0, 0.1) is 0 Å². The minimum Gasteiger partial charge on any atom is -0.459 e. The summed E-state index contributed by atoms with van der Waals surface area (Å²) in [4.78, 5) is 11.4. The third-order valence-electron chi connectivity index (χ3n) is 3.01. The minimum absolute atomic E-state index is 0.00954. The first-order valence-corrected chi connectivity index (χ1v) is 6.08. The van der Waals surface area contributed by atoms with Crippen LogP contribution in [-0.4, -0.2) is 19.0 Å². The van der Waals surface area contributed by atoms with Crippen LogP contribution in [0.15, 0.2) is 34.7 Å². The summed E-state index contributed by atoms with van der Waals surface area (Å²) in [6.07, 6.45) is 0. The maximum atomic E-state index is 11.4. The van der Waals surface area contributed by atoms with Crippen molar-refractivity contribution in [2.75, 3.05) is 7.05 Å². The van der Waals surface area contributed by atoms with E-state index in [4.69, 9.17) is 4.42 Å². The molecule has 0 fully saturated rings. The number of carbonyl (C=O) groups excluding carboxylic acids is 1. The molecule has 1 amide bonds. The molecule has 0 aliphatic rings. The zero-order valence-electron chi connectivity index (χ0n) is 10.9. The van der Waals surface area contributed by atoms with Crippen molar-refractivity contribution in [3.8, 4) is 0 Å². The van der Waals surface area contributed by atoms with E-state index in [2.05, 4.69) is 10.6 Å². The Hall–Kier alpha value is -1.81. The molecule has 2 N–H and O–H groups in total. The van der Waals surface area contributed by atoms with Gasteiger partial charge in [0, 0.05) is 12.4 Å². The molecule has 2 atom stereocenters. The van der Waals surface area contributed by atoms with Gasteiger partial charge in [0.25, 0.3) is 0 Å². The van der Waals surface area contributed by atoms with Crippen LogP contribution in [0.2, 0.25) is 0 Å². The SMILES string of the molecule is CNC(=O)C(C)NC(C)c1cc2ccccc2o1. The van der Waals surface area contributed by atoms with Gasteiger partial charge >= 0.3 is 0 Å². The van der Waals surface area contributed by atoms with Crippen molar-refractivity contribution in [3.05, 3.63) is 36.1 Å². The van der Waals surface area contributed by atoms with E-state index in [0.717, 1.165) is 16.7 Å². The van der Waals surface area contributed by atoms with Crippen LogP contribution in [0.25, 0.3) is 11.0 Å². The van der Waals surface area contributed by atoms with Gasteiger partial charge in [-0.15, -0.1) is 0 Å². The van der Waals surface area contributed by atoms with Gasteiger partial charge in [-0.3, -0.25) is 10.1 Å². The first kappa shape index (κ1) is 12.6. The van der Waals surface area contributed by atoms with Gasteiger partial charge in [-0.1, -0.05) is 18.2 Å². The summed E-state index contributed by atoms with van der Waals surface area (Å²) in [5.74, 6) is 0.810. The Balaban J connectivity index is 2.13.